The maximum absolute atomic E-state index is 12.3. The van der Waals surface area contributed by atoms with Crippen molar-refractivity contribution in [1.82, 2.24) is 14.0 Å². The van der Waals surface area contributed by atoms with Crippen LogP contribution in [0.1, 0.15) is 11.1 Å². The molecule has 0 fully saturated rings. The van der Waals surface area contributed by atoms with E-state index < -0.39 is 0 Å². The summed E-state index contributed by atoms with van der Waals surface area (Å²) in [6.07, 6.45) is 3.89. The molecule has 5 nitrogen and oxygen atoms in total. The zero-order valence-electron chi connectivity index (χ0n) is 12.8. The minimum atomic E-state index is -0.0277. The molecule has 0 aliphatic carbocycles. The fourth-order valence-corrected chi connectivity index (χ4v) is 4.40. The maximum Gasteiger partial charge on any atom is 0.271 e. The van der Waals surface area contributed by atoms with Gasteiger partial charge in [-0.05, 0) is 29.1 Å². The summed E-state index contributed by atoms with van der Waals surface area (Å²) >= 11 is 2.88. The lowest BCUT2D eigenvalue weighted by atomic mass is 10.2. The number of pyridine rings is 1. The summed E-state index contributed by atoms with van der Waals surface area (Å²) in [5, 5.41) is 12.0. The van der Waals surface area contributed by atoms with E-state index in [2.05, 4.69) is 11.1 Å². The van der Waals surface area contributed by atoms with Crippen molar-refractivity contribution in [3.05, 3.63) is 63.5 Å². The molecule has 0 saturated heterocycles. The number of aromatic nitrogens is 3. The number of thiophene rings is 1. The van der Waals surface area contributed by atoms with Crippen molar-refractivity contribution in [2.24, 2.45) is 7.05 Å². The van der Waals surface area contributed by atoms with Crippen molar-refractivity contribution in [3.63, 3.8) is 0 Å². The Kier molecular flexibility index (Phi) is 3.63. The van der Waals surface area contributed by atoms with E-state index in [-0.39, 0.29) is 5.56 Å². The Hall–Kier alpha value is -2.56. The van der Waals surface area contributed by atoms with E-state index >= 15 is 0 Å². The molecule has 24 heavy (non-hydrogen) atoms. The fourth-order valence-electron chi connectivity index (χ4n) is 2.66. The molecule has 7 heteroatoms. The van der Waals surface area contributed by atoms with Crippen LogP contribution < -0.4 is 5.56 Å². The van der Waals surface area contributed by atoms with Gasteiger partial charge in [0.2, 0.25) is 0 Å². The van der Waals surface area contributed by atoms with Crippen LogP contribution in [0.4, 0.5) is 0 Å². The summed E-state index contributed by atoms with van der Waals surface area (Å²) < 4.78 is 4.20. The highest BCUT2D eigenvalue weighted by molar-refractivity contribution is 7.98. The first kappa shape index (κ1) is 15.0. The van der Waals surface area contributed by atoms with E-state index in [1.807, 2.05) is 46.4 Å². The van der Waals surface area contributed by atoms with E-state index in [0.717, 1.165) is 16.6 Å². The van der Waals surface area contributed by atoms with Crippen LogP contribution in [-0.4, -0.2) is 14.0 Å². The van der Waals surface area contributed by atoms with Gasteiger partial charge >= 0.3 is 0 Å². The largest absolute Gasteiger partial charge is 0.322 e. The molecular formula is C17H12N4OS2. The van der Waals surface area contributed by atoms with E-state index in [9.17, 15) is 10.1 Å². The van der Waals surface area contributed by atoms with E-state index in [0.29, 0.717) is 21.2 Å². The SMILES string of the molecule is Cn1c(SCc2cn3ccccc3c2C#N)nc2ccsc2c1=O. The lowest BCUT2D eigenvalue weighted by Gasteiger charge is -2.06. The van der Waals surface area contributed by atoms with Crippen molar-refractivity contribution in [2.75, 3.05) is 0 Å². The Morgan fingerprint density at radius 1 is 1.38 bits per heavy atom. The third-order valence-electron chi connectivity index (χ3n) is 3.88. The molecule has 4 heterocycles. The van der Waals surface area contributed by atoms with Gasteiger partial charge in [0, 0.05) is 25.2 Å². The zero-order valence-corrected chi connectivity index (χ0v) is 14.4. The summed E-state index contributed by atoms with van der Waals surface area (Å²) in [5.41, 5.74) is 3.21. The van der Waals surface area contributed by atoms with E-state index in [4.69, 9.17) is 0 Å². The highest BCUT2D eigenvalue weighted by Gasteiger charge is 2.13. The number of nitrogens with zero attached hydrogens (tertiary/aromatic N) is 4. The van der Waals surface area contributed by atoms with Gasteiger partial charge in [-0.15, -0.1) is 11.3 Å². The maximum atomic E-state index is 12.3. The molecular weight excluding hydrogens is 340 g/mol. The smallest absolute Gasteiger partial charge is 0.271 e. The summed E-state index contributed by atoms with van der Waals surface area (Å²) in [5.74, 6) is 0.584. The van der Waals surface area contributed by atoms with Gasteiger partial charge in [-0.25, -0.2) is 4.98 Å². The highest BCUT2D eigenvalue weighted by atomic mass is 32.2. The first-order valence-electron chi connectivity index (χ1n) is 7.24. The third-order valence-corrected chi connectivity index (χ3v) is 5.85. The molecule has 0 bridgehead atoms. The lowest BCUT2D eigenvalue weighted by Crippen LogP contribution is -2.18. The minimum Gasteiger partial charge on any atom is -0.322 e. The van der Waals surface area contributed by atoms with Crippen LogP contribution in [-0.2, 0) is 12.8 Å². The van der Waals surface area contributed by atoms with Crippen LogP contribution in [0.3, 0.4) is 0 Å². The second-order valence-corrected chi connectivity index (χ2v) is 7.18. The average molecular weight is 352 g/mol. The number of hydrogen-bond donors (Lipinski definition) is 0. The molecule has 0 spiro atoms. The van der Waals surface area contributed by atoms with Gasteiger partial charge in [0.15, 0.2) is 5.16 Å². The van der Waals surface area contributed by atoms with Crippen molar-refractivity contribution in [3.8, 4) is 6.07 Å². The average Bonchev–Trinajstić information content (AvgIpc) is 3.20. The van der Waals surface area contributed by atoms with Crippen molar-refractivity contribution >= 4 is 38.8 Å². The van der Waals surface area contributed by atoms with Crippen molar-refractivity contribution in [1.29, 1.82) is 5.26 Å². The number of thioether (sulfide) groups is 1. The summed E-state index contributed by atoms with van der Waals surface area (Å²) in [7, 11) is 1.73. The van der Waals surface area contributed by atoms with Gasteiger partial charge in [-0.3, -0.25) is 9.36 Å². The molecule has 4 aromatic rings. The first-order valence-corrected chi connectivity index (χ1v) is 9.11. The van der Waals surface area contributed by atoms with Crippen LogP contribution in [0.15, 0.2) is 52.0 Å². The van der Waals surface area contributed by atoms with E-state index in [1.165, 1.54) is 23.1 Å². The summed E-state index contributed by atoms with van der Waals surface area (Å²) in [6.45, 7) is 0. The van der Waals surface area contributed by atoms with Crippen LogP contribution in [0.5, 0.6) is 0 Å². The quantitative estimate of drug-likeness (QED) is 0.419. The Labute approximate surface area is 145 Å². The molecule has 0 aliphatic heterocycles. The lowest BCUT2D eigenvalue weighted by molar-refractivity contribution is 0.728. The van der Waals surface area contributed by atoms with Gasteiger partial charge < -0.3 is 4.40 Å². The molecule has 0 N–H and O–H groups in total. The molecule has 0 aromatic carbocycles. The molecule has 0 unspecified atom stereocenters. The Morgan fingerprint density at radius 3 is 3.08 bits per heavy atom. The number of rotatable bonds is 3. The second kappa shape index (κ2) is 5.82. The Bertz CT molecular complexity index is 1160. The molecule has 0 aliphatic rings. The fraction of sp³-hybridized carbons (Fsp3) is 0.118. The number of fused-ring (bicyclic) bond motifs is 2. The van der Waals surface area contributed by atoms with Gasteiger partial charge in [0.1, 0.15) is 10.8 Å². The predicted octanol–water partition coefficient (Wildman–Crippen LogP) is 3.41. The Balaban J connectivity index is 1.72. The summed E-state index contributed by atoms with van der Waals surface area (Å²) in [4.78, 5) is 16.9. The summed E-state index contributed by atoms with van der Waals surface area (Å²) in [6, 6.07) is 9.92. The third kappa shape index (κ3) is 2.31. The molecule has 0 atom stereocenters. The van der Waals surface area contributed by atoms with Crippen molar-refractivity contribution < 1.29 is 0 Å². The van der Waals surface area contributed by atoms with Gasteiger partial charge in [0.05, 0.1) is 16.6 Å². The molecule has 0 radical (unpaired) electrons. The molecule has 118 valence electrons. The second-order valence-electron chi connectivity index (χ2n) is 5.32. The van der Waals surface area contributed by atoms with Gasteiger partial charge in [-0.2, -0.15) is 5.26 Å². The van der Waals surface area contributed by atoms with Crippen LogP contribution in [0.2, 0.25) is 0 Å². The van der Waals surface area contributed by atoms with Crippen molar-refractivity contribution in [2.45, 2.75) is 10.9 Å². The molecule has 0 saturated carbocycles. The van der Waals surface area contributed by atoms with Crippen LogP contribution in [0.25, 0.3) is 15.7 Å². The molecule has 0 amide bonds. The number of hydrogen-bond acceptors (Lipinski definition) is 5. The standard InChI is InChI=1S/C17H12N4OS2/c1-20-16(22)15-13(5-7-23-15)19-17(20)24-10-11-9-21-6-3-2-4-14(21)12(11)8-18/h2-7,9H,10H2,1H3. The topological polar surface area (TPSA) is 63.1 Å². The highest BCUT2D eigenvalue weighted by Crippen LogP contribution is 2.27. The van der Waals surface area contributed by atoms with Gasteiger partial charge in [-0.1, -0.05) is 17.8 Å². The van der Waals surface area contributed by atoms with Crippen LogP contribution in [0, 0.1) is 11.3 Å². The van der Waals surface area contributed by atoms with E-state index in [1.54, 1.807) is 11.6 Å². The Morgan fingerprint density at radius 2 is 2.25 bits per heavy atom. The van der Waals surface area contributed by atoms with Gasteiger partial charge in [0.25, 0.3) is 5.56 Å². The van der Waals surface area contributed by atoms with Crippen LogP contribution >= 0.6 is 23.1 Å². The molecule has 4 aromatic heterocycles. The first-order chi connectivity index (χ1) is 11.7. The zero-order chi connectivity index (χ0) is 16.7. The monoisotopic (exact) mass is 352 g/mol. The number of nitriles is 1. The minimum absolute atomic E-state index is 0.0277. The predicted molar refractivity (Wildman–Crippen MR) is 96.5 cm³/mol. The normalized spacial score (nSPS) is 11.2. The molecule has 4 rings (SSSR count).